The van der Waals surface area contributed by atoms with E-state index in [1.54, 1.807) is 0 Å². The molecule has 3 aromatic carbocycles. The van der Waals surface area contributed by atoms with Crippen LogP contribution in [0.25, 0.3) is 5.31 Å². The molecular weight excluding hydrogens is 335 g/mol. The van der Waals surface area contributed by atoms with Gasteiger partial charge in [-0.25, -0.2) is 0 Å². The van der Waals surface area contributed by atoms with Gasteiger partial charge in [0.2, 0.25) is 0 Å². The lowest BCUT2D eigenvalue weighted by molar-refractivity contribution is 0.552. The molecule has 1 nitrogen and oxygen atoms in total. The van der Waals surface area contributed by atoms with E-state index in [2.05, 4.69) is 38.1 Å². The van der Waals surface area contributed by atoms with Crippen molar-refractivity contribution < 1.29 is 4.57 Å². The lowest BCUT2D eigenvalue weighted by atomic mass is 9.93. The molecule has 0 aromatic heterocycles. The SMILES string of the molecule is CC1=C(c2ccccc2)[P@](=O)(c2ccccc2)[C@](C)(c2ccccc2)C1. The Morgan fingerprint density at radius 1 is 0.769 bits per heavy atom. The highest BCUT2D eigenvalue weighted by molar-refractivity contribution is 7.82. The molecule has 0 amide bonds. The Morgan fingerprint density at radius 3 is 1.85 bits per heavy atom. The highest BCUT2D eigenvalue weighted by Crippen LogP contribution is 2.77. The summed E-state index contributed by atoms with van der Waals surface area (Å²) in [6, 6.07) is 30.7. The summed E-state index contributed by atoms with van der Waals surface area (Å²) in [5.74, 6) is 0. The first-order valence-corrected chi connectivity index (χ1v) is 10.7. The van der Waals surface area contributed by atoms with E-state index in [9.17, 15) is 4.57 Å². The van der Waals surface area contributed by atoms with Gasteiger partial charge in [-0.1, -0.05) is 96.6 Å². The molecule has 1 aliphatic heterocycles. The maximum atomic E-state index is 15.0. The lowest BCUT2D eigenvalue weighted by Crippen LogP contribution is -2.24. The van der Waals surface area contributed by atoms with Crippen molar-refractivity contribution in [3.63, 3.8) is 0 Å². The van der Waals surface area contributed by atoms with E-state index in [1.165, 1.54) is 5.57 Å². The van der Waals surface area contributed by atoms with Gasteiger partial charge in [-0.3, -0.25) is 0 Å². The molecule has 0 unspecified atom stereocenters. The largest absolute Gasteiger partial charge is 0.313 e. The minimum absolute atomic E-state index is 0.426. The summed E-state index contributed by atoms with van der Waals surface area (Å²) in [6.45, 7) is 4.32. The van der Waals surface area contributed by atoms with Gasteiger partial charge in [0.25, 0.3) is 0 Å². The monoisotopic (exact) mass is 358 g/mol. The molecule has 2 atom stereocenters. The first-order valence-electron chi connectivity index (χ1n) is 9.04. The lowest BCUT2D eigenvalue weighted by Gasteiger charge is -2.35. The fourth-order valence-corrected chi connectivity index (χ4v) is 8.40. The van der Waals surface area contributed by atoms with Gasteiger partial charge in [0.05, 0.1) is 5.16 Å². The summed E-state index contributed by atoms with van der Waals surface area (Å²) in [4.78, 5) is 0. The van der Waals surface area contributed by atoms with Crippen molar-refractivity contribution in [2.75, 3.05) is 0 Å². The van der Waals surface area contributed by atoms with Crippen molar-refractivity contribution in [1.82, 2.24) is 0 Å². The van der Waals surface area contributed by atoms with Crippen LogP contribution in [0.4, 0.5) is 0 Å². The van der Waals surface area contributed by atoms with Crippen LogP contribution < -0.4 is 5.30 Å². The number of rotatable bonds is 3. The van der Waals surface area contributed by atoms with E-state index in [4.69, 9.17) is 0 Å². The van der Waals surface area contributed by atoms with Crippen molar-refractivity contribution in [1.29, 1.82) is 0 Å². The molecule has 3 aromatic rings. The molecule has 1 aliphatic rings. The summed E-state index contributed by atoms with van der Waals surface area (Å²) in [7, 11) is -2.87. The van der Waals surface area contributed by atoms with E-state index in [1.807, 2.05) is 66.7 Å². The molecule has 0 spiro atoms. The van der Waals surface area contributed by atoms with Crippen molar-refractivity contribution in [2.24, 2.45) is 0 Å². The first kappa shape index (κ1) is 17.1. The van der Waals surface area contributed by atoms with Crippen molar-refractivity contribution in [3.05, 3.63) is 108 Å². The number of allylic oxidation sites excluding steroid dienone is 1. The first-order chi connectivity index (χ1) is 12.6. The van der Waals surface area contributed by atoms with E-state index in [0.717, 1.165) is 28.2 Å². The van der Waals surface area contributed by atoms with E-state index >= 15 is 0 Å². The summed E-state index contributed by atoms with van der Waals surface area (Å²) in [5, 5.41) is 1.56. The normalized spacial score (nSPS) is 25.5. The topological polar surface area (TPSA) is 17.1 Å². The van der Waals surface area contributed by atoms with Gasteiger partial charge in [-0.2, -0.15) is 0 Å². The van der Waals surface area contributed by atoms with Crippen LogP contribution in [0.1, 0.15) is 31.4 Å². The molecule has 0 bridgehead atoms. The third-order valence-electron chi connectivity index (χ3n) is 5.59. The smallest absolute Gasteiger partial charge is 0.153 e. The molecule has 4 rings (SSSR count). The van der Waals surface area contributed by atoms with Crippen LogP contribution in [0.2, 0.25) is 0 Å². The van der Waals surface area contributed by atoms with Crippen LogP contribution in [-0.4, -0.2) is 0 Å². The minimum atomic E-state index is -2.87. The summed E-state index contributed by atoms with van der Waals surface area (Å²) in [5.41, 5.74) is 3.46. The van der Waals surface area contributed by atoms with Gasteiger partial charge < -0.3 is 4.57 Å². The Balaban J connectivity index is 2.02. The maximum Gasteiger partial charge on any atom is 0.153 e. The van der Waals surface area contributed by atoms with Crippen LogP contribution in [0.3, 0.4) is 0 Å². The van der Waals surface area contributed by atoms with E-state index in [0.29, 0.717) is 0 Å². The predicted molar refractivity (Wildman–Crippen MR) is 111 cm³/mol. The molecule has 2 heteroatoms. The zero-order valence-corrected chi connectivity index (χ0v) is 16.1. The quantitative estimate of drug-likeness (QED) is 0.493. The average molecular weight is 358 g/mol. The van der Waals surface area contributed by atoms with Crippen LogP contribution in [0, 0.1) is 0 Å². The average Bonchev–Trinajstić information content (AvgIpc) is 2.91. The third kappa shape index (κ3) is 2.42. The highest BCUT2D eigenvalue weighted by atomic mass is 31.2. The van der Waals surface area contributed by atoms with Crippen molar-refractivity contribution >= 4 is 17.8 Å². The van der Waals surface area contributed by atoms with Crippen LogP contribution in [0.15, 0.2) is 96.6 Å². The van der Waals surface area contributed by atoms with Gasteiger partial charge in [-0.15, -0.1) is 0 Å². The predicted octanol–water partition coefficient (Wildman–Crippen LogP) is 6.43. The summed E-state index contributed by atoms with van der Waals surface area (Å²) in [6.07, 6.45) is 0.813. The second-order valence-electron chi connectivity index (χ2n) is 7.26. The molecule has 0 saturated carbocycles. The van der Waals surface area contributed by atoms with E-state index < -0.39 is 12.3 Å². The molecule has 0 fully saturated rings. The summed E-state index contributed by atoms with van der Waals surface area (Å²) < 4.78 is 15.0. The van der Waals surface area contributed by atoms with Gasteiger partial charge in [0.15, 0.2) is 7.14 Å². The fourth-order valence-electron chi connectivity index (χ4n) is 4.38. The molecule has 0 aliphatic carbocycles. The maximum absolute atomic E-state index is 15.0. The molecule has 0 saturated heterocycles. The van der Waals surface area contributed by atoms with Crippen LogP contribution in [0.5, 0.6) is 0 Å². The van der Waals surface area contributed by atoms with Crippen LogP contribution >= 0.6 is 7.14 Å². The second-order valence-corrected chi connectivity index (χ2v) is 10.4. The summed E-state index contributed by atoms with van der Waals surface area (Å²) >= 11 is 0. The Kier molecular flexibility index (Phi) is 4.21. The van der Waals surface area contributed by atoms with Crippen molar-refractivity contribution in [2.45, 2.75) is 25.4 Å². The molecule has 26 heavy (non-hydrogen) atoms. The van der Waals surface area contributed by atoms with E-state index in [-0.39, 0.29) is 0 Å². The number of benzene rings is 3. The standard InChI is InChI=1S/C24H23OP/c1-19-18-24(2,21-14-8-4-9-15-21)26(25,22-16-10-5-11-17-22)23(19)20-12-6-3-7-13-20/h3-17H,18H2,1-2H3/t24-,26+/m0/s1. The molecular formula is C24H23OP. The fraction of sp³-hybridized carbons (Fsp3) is 0.167. The Bertz CT molecular complexity index is 990. The molecule has 130 valence electrons. The minimum Gasteiger partial charge on any atom is -0.313 e. The van der Waals surface area contributed by atoms with Gasteiger partial charge in [0, 0.05) is 10.6 Å². The second kappa shape index (κ2) is 6.41. The number of hydrogen-bond acceptors (Lipinski definition) is 1. The highest BCUT2D eigenvalue weighted by Gasteiger charge is 2.54. The Labute approximate surface area is 155 Å². The van der Waals surface area contributed by atoms with Gasteiger partial charge in [-0.05, 0) is 31.4 Å². The van der Waals surface area contributed by atoms with Gasteiger partial charge >= 0.3 is 0 Å². The molecule has 0 N–H and O–H groups in total. The van der Waals surface area contributed by atoms with Crippen LogP contribution in [-0.2, 0) is 9.72 Å². The zero-order valence-electron chi connectivity index (χ0n) is 15.2. The third-order valence-corrected chi connectivity index (χ3v) is 9.69. The Morgan fingerprint density at radius 2 is 1.27 bits per heavy atom. The molecule has 1 heterocycles. The van der Waals surface area contributed by atoms with Crippen molar-refractivity contribution in [3.8, 4) is 0 Å². The Hall–Kier alpha value is -2.37. The molecule has 0 radical (unpaired) electrons. The zero-order chi connectivity index (χ0) is 18.2. The van der Waals surface area contributed by atoms with Gasteiger partial charge in [0.1, 0.15) is 0 Å². The number of hydrogen-bond donors (Lipinski definition) is 0.